The molecule has 31 heavy (non-hydrogen) atoms. The van der Waals surface area contributed by atoms with Gasteiger partial charge in [-0.2, -0.15) is 0 Å². The second-order valence-electron chi connectivity index (χ2n) is 8.05. The van der Waals surface area contributed by atoms with E-state index >= 15 is 0 Å². The van der Waals surface area contributed by atoms with Gasteiger partial charge in [-0.05, 0) is 38.5 Å². The molecule has 1 atom stereocenters. The molecule has 2 aromatic rings. The monoisotopic (exact) mass is 442 g/mol. The molecular formula is C23H26N2O5S. The highest BCUT2D eigenvalue weighted by atomic mass is 32.2. The van der Waals surface area contributed by atoms with E-state index in [1.165, 1.54) is 16.7 Å². The lowest BCUT2D eigenvalue weighted by molar-refractivity contribution is -0.153. The summed E-state index contributed by atoms with van der Waals surface area (Å²) in [6.07, 6.45) is -0.689. The van der Waals surface area contributed by atoms with Gasteiger partial charge in [-0.15, -0.1) is 11.8 Å². The van der Waals surface area contributed by atoms with Crippen LogP contribution in [0.5, 0.6) is 0 Å². The molecule has 164 valence electrons. The van der Waals surface area contributed by atoms with E-state index in [1.54, 1.807) is 32.9 Å². The molecule has 0 fully saturated rings. The fourth-order valence-corrected chi connectivity index (χ4v) is 4.10. The Morgan fingerprint density at radius 3 is 2.48 bits per heavy atom. The first-order chi connectivity index (χ1) is 14.7. The Balaban J connectivity index is 1.72. The lowest BCUT2D eigenvalue weighted by atomic mass is 10.2. The minimum absolute atomic E-state index is 0.0998. The highest BCUT2D eigenvalue weighted by molar-refractivity contribution is 7.99. The summed E-state index contributed by atoms with van der Waals surface area (Å²) in [5, 5.41) is 2.64. The van der Waals surface area contributed by atoms with Gasteiger partial charge in [0.2, 0.25) is 0 Å². The number of nitrogens with zero attached hydrogens (tertiary/aromatic N) is 1. The number of carbonyl (C=O) groups excluding carboxylic acids is 3. The number of rotatable bonds is 5. The molecular weight excluding hydrogens is 416 g/mol. The number of anilines is 1. The average Bonchev–Trinajstić information content (AvgIpc) is 2.84. The van der Waals surface area contributed by atoms with Gasteiger partial charge in [0, 0.05) is 10.6 Å². The Hall–Kier alpha value is -3.00. The van der Waals surface area contributed by atoms with Crippen LogP contribution in [0.3, 0.4) is 0 Å². The molecule has 2 aromatic carbocycles. The highest BCUT2D eigenvalue weighted by Gasteiger charge is 2.34. The maximum Gasteiger partial charge on any atom is 0.408 e. The lowest BCUT2D eigenvalue weighted by Gasteiger charge is -2.27. The zero-order valence-electron chi connectivity index (χ0n) is 17.8. The quantitative estimate of drug-likeness (QED) is 0.710. The van der Waals surface area contributed by atoms with Gasteiger partial charge in [-0.25, -0.2) is 4.79 Å². The molecule has 0 spiro atoms. The third-order valence-corrected chi connectivity index (χ3v) is 5.49. The fourth-order valence-electron chi connectivity index (χ4n) is 3.03. The van der Waals surface area contributed by atoms with E-state index < -0.39 is 23.7 Å². The van der Waals surface area contributed by atoms with Crippen molar-refractivity contribution in [2.75, 3.05) is 17.2 Å². The van der Waals surface area contributed by atoms with Gasteiger partial charge in [0.25, 0.3) is 5.91 Å². The van der Waals surface area contributed by atoms with Gasteiger partial charge < -0.3 is 14.8 Å². The zero-order valence-corrected chi connectivity index (χ0v) is 18.6. The topological polar surface area (TPSA) is 84.9 Å². The third-order valence-electron chi connectivity index (χ3n) is 4.34. The van der Waals surface area contributed by atoms with Crippen molar-refractivity contribution in [1.82, 2.24) is 5.32 Å². The molecule has 0 saturated heterocycles. The van der Waals surface area contributed by atoms with Crippen molar-refractivity contribution in [3.63, 3.8) is 0 Å². The van der Waals surface area contributed by atoms with Crippen LogP contribution in [-0.4, -0.2) is 41.9 Å². The lowest BCUT2D eigenvalue weighted by Crippen LogP contribution is -2.51. The van der Waals surface area contributed by atoms with Crippen LogP contribution < -0.4 is 10.2 Å². The van der Waals surface area contributed by atoms with Crippen molar-refractivity contribution in [3.05, 3.63) is 60.2 Å². The minimum atomic E-state index is -0.844. The predicted octanol–water partition coefficient (Wildman–Crippen LogP) is 3.76. The Bertz CT molecular complexity index is 942. The maximum absolute atomic E-state index is 13.3. The van der Waals surface area contributed by atoms with Crippen LogP contribution in [0.2, 0.25) is 0 Å². The van der Waals surface area contributed by atoms with E-state index in [4.69, 9.17) is 9.47 Å². The van der Waals surface area contributed by atoms with Gasteiger partial charge in [0.1, 0.15) is 24.8 Å². The Kier molecular flexibility index (Phi) is 7.22. The first kappa shape index (κ1) is 22.7. The van der Waals surface area contributed by atoms with Gasteiger partial charge in [0.15, 0.2) is 0 Å². The van der Waals surface area contributed by atoms with Crippen LogP contribution in [0.1, 0.15) is 26.3 Å². The number of hydrogen-bond acceptors (Lipinski definition) is 6. The fraction of sp³-hybridized carbons (Fsp3) is 0.348. The standard InChI is InChI=1S/C23H26N2O5S/c1-23(2,3)30-20(26)13-25-18-11-7-8-12-19(18)31-15-17(21(25)27)24-22(28)29-14-16-9-5-4-6-10-16/h4-12,17H,13-15H2,1-3H3,(H,24,28). The summed E-state index contributed by atoms with van der Waals surface area (Å²) >= 11 is 1.44. The van der Waals surface area contributed by atoms with Crippen LogP contribution in [0.4, 0.5) is 10.5 Å². The van der Waals surface area contributed by atoms with Crippen LogP contribution in [-0.2, 0) is 25.7 Å². The van der Waals surface area contributed by atoms with Crippen molar-refractivity contribution in [2.24, 2.45) is 0 Å². The molecule has 0 saturated carbocycles. The molecule has 2 amide bonds. The van der Waals surface area contributed by atoms with Gasteiger partial charge >= 0.3 is 12.1 Å². The van der Waals surface area contributed by atoms with Crippen molar-refractivity contribution >= 4 is 35.4 Å². The SMILES string of the molecule is CC(C)(C)OC(=O)CN1C(=O)C(NC(=O)OCc2ccccc2)CSc2ccccc21. The summed E-state index contributed by atoms with van der Waals surface area (Å²) in [6.45, 7) is 5.16. The minimum Gasteiger partial charge on any atom is -0.459 e. The second kappa shape index (κ2) is 9.87. The first-order valence-corrected chi connectivity index (χ1v) is 10.9. The van der Waals surface area contributed by atoms with E-state index in [2.05, 4.69) is 5.32 Å². The number of hydrogen-bond donors (Lipinski definition) is 1. The number of para-hydroxylation sites is 1. The summed E-state index contributed by atoms with van der Waals surface area (Å²) in [5.74, 6) is -0.589. The molecule has 1 N–H and O–H groups in total. The number of alkyl carbamates (subject to hydrolysis) is 1. The zero-order chi connectivity index (χ0) is 22.4. The molecule has 8 heteroatoms. The van der Waals surface area contributed by atoms with Crippen molar-refractivity contribution in [1.29, 1.82) is 0 Å². The van der Waals surface area contributed by atoms with E-state index in [0.717, 1.165) is 10.5 Å². The van der Waals surface area contributed by atoms with Crippen LogP contribution >= 0.6 is 11.8 Å². The van der Waals surface area contributed by atoms with Gasteiger partial charge in [0.05, 0.1) is 5.69 Å². The second-order valence-corrected chi connectivity index (χ2v) is 9.11. The highest BCUT2D eigenvalue weighted by Crippen LogP contribution is 2.34. The number of nitrogens with one attached hydrogen (secondary N) is 1. The number of ether oxygens (including phenoxy) is 2. The summed E-state index contributed by atoms with van der Waals surface area (Å²) in [6, 6.07) is 15.8. The van der Waals surface area contributed by atoms with Crippen molar-refractivity contribution in [2.45, 2.75) is 43.9 Å². The normalized spacial score (nSPS) is 16.2. The van der Waals surface area contributed by atoms with E-state index in [1.807, 2.05) is 42.5 Å². The average molecular weight is 443 g/mol. The molecule has 1 aliphatic rings. The molecule has 1 unspecified atom stereocenters. The van der Waals surface area contributed by atoms with E-state index in [9.17, 15) is 14.4 Å². The number of carbonyl (C=O) groups is 3. The van der Waals surface area contributed by atoms with Crippen molar-refractivity contribution in [3.8, 4) is 0 Å². The molecule has 1 heterocycles. The molecule has 1 aliphatic heterocycles. The van der Waals surface area contributed by atoms with Crippen LogP contribution in [0, 0.1) is 0 Å². The maximum atomic E-state index is 13.3. The summed E-state index contributed by atoms with van der Waals surface area (Å²) in [4.78, 5) is 40.2. The molecule has 3 rings (SSSR count). The smallest absolute Gasteiger partial charge is 0.408 e. The predicted molar refractivity (Wildman–Crippen MR) is 119 cm³/mol. The summed E-state index contributed by atoms with van der Waals surface area (Å²) < 4.78 is 10.7. The molecule has 0 aromatic heterocycles. The number of thioether (sulfide) groups is 1. The molecule has 7 nitrogen and oxygen atoms in total. The Labute approximate surface area is 186 Å². The number of fused-ring (bicyclic) bond motifs is 1. The first-order valence-electron chi connectivity index (χ1n) is 9.95. The summed E-state index contributed by atoms with van der Waals surface area (Å²) in [7, 11) is 0. The number of esters is 1. The van der Waals surface area contributed by atoms with E-state index in [-0.39, 0.29) is 19.1 Å². The van der Waals surface area contributed by atoms with Crippen molar-refractivity contribution < 1.29 is 23.9 Å². The Morgan fingerprint density at radius 1 is 1.10 bits per heavy atom. The van der Waals surface area contributed by atoms with Gasteiger partial charge in [-0.3, -0.25) is 14.5 Å². The van der Waals surface area contributed by atoms with Crippen LogP contribution in [0.15, 0.2) is 59.5 Å². The number of amides is 2. The Morgan fingerprint density at radius 2 is 1.77 bits per heavy atom. The largest absolute Gasteiger partial charge is 0.459 e. The molecule has 0 radical (unpaired) electrons. The number of benzene rings is 2. The third kappa shape index (κ3) is 6.49. The van der Waals surface area contributed by atoms with Crippen LogP contribution in [0.25, 0.3) is 0 Å². The summed E-state index contributed by atoms with van der Waals surface area (Å²) in [5.41, 5.74) is 0.794. The van der Waals surface area contributed by atoms with E-state index in [0.29, 0.717) is 11.4 Å². The molecule has 0 aliphatic carbocycles. The van der Waals surface area contributed by atoms with Gasteiger partial charge in [-0.1, -0.05) is 42.5 Å². The molecule has 0 bridgehead atoms.